The lowest BCUT2D eigenvalue weighted by Crippen LogP contribution is -2.40. The quantitative estimate of drug-likeness (QED) is 0.552. The molecule has 0 aromatic heterocycles. The van der Waals surface area contributed by atoms with Crippen LogP contribution >= 0.6 is 0 Å². The highest BCUT2D eigenvalue weighted by Gasteiger charge is 2.06. The molecule has 54 valence electrons. The molecule has 0 spiro atoms. The molecule has 0 aromatic carbocycles. The minimum atomic E-state index is -0.0694. The second-order valence-electron chi connectivity index (χ2n) is 1.89. The Hall–Kier alpha value is -0.570. The Morgan fingerprint density at radius 2 is 2.22 bits per heavy atom. The molecule has 0 radical (unpaired) electrons. The van der Waals surface area contributed by atoms with E-state index in [2.05, 4.69) is 10.6 Å². The average molecular weight is 130 g/mol. The van der Waals surface area contributed by atoms with Crippen molar-refractivity contribution in [2.24, 2.45) is 0 Å². The van der Waals surface area contributed by atoms with Crippen LogP contribution in [0.15, 0.2) is 0 Å². The maximum atomic E-state index is 10.7. The van der Waals surface area contributed by atoms with Crippen LogP contribution in [0.3, 0.4) is 0 Å². The number of hydrogen-bond donors (Lipinski definition) is 2. The van der Waals surface area contributed by atoms with E-state index in [9.17, 15) is 4.79 Å². The van der Waals surface area contributed by atoms with Crippen LogP contribution in [0.2, 0.25) is 0 Å². The van der Waals surface area contributed by atoms with E-state index in [1.165, 1.54) is 0 Å². The van der Waals surface area contributed by atoms with Crippen molar-refractivity contribution in [3.8, 4) is 0 Å². The van der Waals surface area contributed by atoms with Gasteiger partial charge in [0.15, 0.2) is 0 Å². The van der Waals surface area contributed by atoms with Gasteiger partial charge in [-0.25, -0.2) is 0 Å². The summed E-state index contributed by atoms with van der Waals surface area (Å²) in [4.78, 5) is 10.7. The van der Waals surface area contributed by atoms with E-state index < -0.39 is 0 Å². The first kappa shape index (κ1) is 8.43. The van der Waals surface area contributed by atoms with Crippen LogP contribution in [-0.4, -0.2) is 25.5 Å². The normalized spacial score (nSPS) is 12.8. The topological polar surface area (TPSA) is 41.1 Å². The van der Waals surface area contributed by atoms with Crippen molar-refractivity contribution >= 4 is 5.91 Å². The highest BCUT2D eigenvalue weighted by atomic mass is 16.2. The molecular weight excluding hydrogens is 116 g/mol. The van der Waals surface area contributed by atoms with Crippen molar-refractivity contribution in [2.45, 2.75) is 19.9 Å². The van der Waals surface area contributed by atoms with E-state index in [0.29, 0.717) is 0 Å². The van der Waals surface area contributed by atoms with Crippen molar-refractivity contribution in [1.82, 2.24) is 10.6 Å². The minimum Gasteiger partial charge on any atom is -0.358 e. The van der Waals surface area contributed by atoms with Crippen LogP contribution in [0.4, 0.5) is 0 Å². The molecule has 0 bridgehead atoms. The number of nitrogens with one attached hydrogen (secondary N) is 2. The van der Waals surface area contributed by atoms with Gasteiger partial charge in [-0.3, -0.25) is 4.79 Å². The van der Waals surface area contributed by atoms with Gasteiger partial charge in [-0.15, -0.1) is 0 Å². The number of rotatable bonds is 3. The Morgan fingerprint density at radius 1 is 1.67 bits per heavy atom. The van der Waals surface area contributed by atoms with Crippen LogP contribution in [0.25, 0.3) is 0 Å². The van der Waals surface area contributed by atoms with Gasteiger partial charge in [0.25, 0.3) is 0 Å². The molecular formula is C6H14N2O. The lowest BCUT2D eigenvalue weighted by atomic mass is 10.3. The van der Waals surface area contributed by atoms with Crippen molar-refractivity contribution in [1.29, 1.82) is 0 Å². The molecule has 1 atom stereocenters. The average Bonchev–Trinajstić information content (AvgIpc) is 1.87. The molecule has 0 unspecified atom stereocenters. The van der Waals surface area contributed by atoms with Crippen molar-refractivity contribution in [2.75, 3.05) is 13.6 Å². The lowest BCUT2D eigenvalue weighted by molar-refractivity contribution is -0.122. The van der Waals surface area contributed by atoms with Crippen LogP contribution < -0.4 is 10.6 Å². The summed E-state index contributed by atoms with van der Waals surface area (Å²) in [6, 6.07) is -0.0694. The molecule has 3 heteroatoms. The van der Waals surface area contributed by atoms with Gasteiger partial charge >= 0.3 is 0 Å². The van der Waals surface area contributed by atoms with Crippen molar-refractivity contribution < 1.29 is 4.79 Å². The number of hydrogen-bond acceptors (Lipinski definition) is 2. The zero-order valence-electron chi connectivity index (χ0n) is 6.19. The SMILES string of the molecule is CCN[C@H](C)C(=O)NC. The molecule has 9 heavy (non-hydrogen) atoms. The molecule has 0 aliphatic rings. The highest BCUT2D eigenvalue weighted by molar-refractivity contribution is 5.80. The Bertz CT molecular complexity index is 93.1. The Kier molecular flexibility index (Phi) is 4.05. The molecule has 0 rings (SSSR count). The molecule has 0 heterocycles. The van der Waals surface area contributed by atoms with Crippen molar-refractivity contribution in [3.05, 3.63) is 0 Å². The largest absolute Gasteiger partial charge is 0.358 e. The molecule has 1 amide bonds. The molecule has 3 nitrogen and oxygen atoms in total. The molecule has 0 aliphatic heterocycles. The number of carbonyl (C=O) groups is 1. The Balaban J connectivity index is 3.45. The third kappa shape index (κ3) is 3.08. The fourth-order valence-electron chi connectivity index (χ4n) is 0.615. The van der Waals surface area contributed by atoms with E-state index in [0.717, 1.165) is 6.54 Å². The first-order valence-electron chi connectivity index (χ1n) is 3.17. The third-order valence-electron chi connectivity index (χ3n) is 1.15. The van der Waals surface area contributed by atoms with Crippen molar-refractivity contribution in [3.63, 3.8) is 0 Å². The predicted molar refractivity (Wildman–Crippen MR) is 37.2 cm³/mol. The smallest absolute Gasteiger partial charge is 0.236 e. The number of likely N-dealkylation sites (N-methyl/N-ethyl adjacent to an activating group) is 2. The molecule has 2 N–H and O–H groups in total. The van der Waals surface area contributed by atoms with Gasteiger partial charge in [0, 0.05) is 7.05 Å². The van der Waals surface area contributed by atoms with Crippen LogP contribution in [0.1, 0.15) is 13.8 Å². The summed E-state index contributed by atoms with van der Waals surface area (Å²) < 4.78 is 0. The van der Waals surface area contributed by atoms with E-state index >= 15 is 0 Å². The van der Waals surface area contributed by atoms with Crippen LogP contribution in [-0.2, 0) is 4.79 Å². The fourth-order valence-corrected chi connectivity index (χ4v) is 0.615. The highest BCUT2D eigenvalue weighted by Crippen LogP contribution is 1.77. The minimum absolute atomic E-state index is 0.0388. The summed E-state index contributed by atoms with van der Waals surface area (Å²) in [6.07, 6.45) is 0. The number of carbonyl (C=O) groups excluding carboxylic acids is 1. The molecule has 0 saturated heterocycles. The van der Waals surface area contributed by atoms with Gasteiger partial charge < -0.3 is 10.6 Å². The predicted octanol–water partition coefficient (Wildman–Crippen LogP) is -0.270. The summed E-state index contributed by atoms with van der Waals surface area (Å²) in [7, 11) is 1.64. The third-order valence-corrected chi connectivity index (χ3v) is 1.15. The van der Waals surface area contributed by atoms with E-state index in [-0.39, 0.29) is 11.9 Å². The monoisotopic (exact) mass is 130 g/mol. The Morgan fingerprint density at radius 3 is 2.56 bits per heavy atom. The molecule has 0 fully saturated rings. The zero-order chi connectivity index (χ0) is 7.28. The van der Waals surface area contributed by atoms with Gasteiger partial charge in [0.2, 0.25) is 5.91 Å². The maximum Gasteiger partial charge on any atom is 0.236 e. The van der Waals surface area contributed by atoms with Gasteiger partial charge in [-0.05, 0) is 13.5 Å². The van der Waals surface area contributed by atoms with E-state index in [1.807, 2.05) is 13.8 Å². The summed E-state index contributed by atoms with van der Waals surface area (Å²) in [6.45, 7) is 4.64. The summed E-state index contributed by atoms with van der Waals surface area (Å²) in [5.41, 5.74) is 0. The van der Waals surface area contributed by atoms with Crippen LogP contribution in [0.5, 0.6) is 0 Å². The summed E-state index contributed by atoms with van der Waals surface area (Å²) in [5.74, 6) is 0.0388. The molecule has 0 aromatic rings. The zero-order valence-corrected chi connectivity index (χ0v) is 6.19. The lowest BCUT2D eigenvalue weighted by Gasteiger charge is -2.08. The first-order chi connectivity index (χ1) is 4.22. The van der Waals surface area contributed by atoms with Gasteiger partial charge in [-0.1, -0.05) is 6.92 Å². The first-order valence-corrected chi connectivity index (χ1v) is 3.17. The van der Waals surface area contributed by atoms with Gasteiger partial charge in [0.05, 0.1) is 6.04 Å². The second kappa shape index (κ2) is 4.32. The maximum absolute atomic E-state index is 10.7. The van der Waals surface area contributed by atoms with Crippen LogP contribution in [0, 0.1) is 0 Å². The van der Waals surface area contributed by atoms with Gasteiger partial charge in [-0.2, -0.15) is 0 Å². The summed E-state index contributed by atoms with van der Waals surface area (Å²) >= 11 is 0. The molecule has 0 saturated carbocycles. The Labute approximate surface area is 55.8 Å². The molecule has 0 aliphatic carbocycles. The second-order valence-corrected chi connectivity index (χ2v) is 1.89. The van der Waals surface area contributed by atoms with Gasteiger partial charge in [0.1, 0.15) is 0 Å². The van der Waals surface area contributed by atoms with E-state index in [1.54, 1.807) is 7.05 Å². The number of amides is 1. The standard InChI is InChI=1S/C6H14N2O/c1-4-8-5(2)6(9)7-3/h5,8H,4H2,1-3H3,(H,7,9)/t5-/m1/s1. The fraction of sp³-hybridized carbons (Fsp3) is 0.833. The van der Waals surface area contributed by atoms with E-state index in [4.69, 9.17) is 0 Å². The summed E-state index contributed by atoms with van der Waals surface area (Å²) in [5, 5.41) is 5.53.